The number of hydrogen-bond acceptors (Lipinski definition) is 3. The van der Waals surface area contributed by atoms with Gasteiger partial charge in [-0.15, -0.1) is 0 Å². The minimum Gasteiger partial charge on any atom is -0.367 e. The van der Waals surface area contributed by atoms with Crippen molar-refractivity contribution in [2.75, 3.05) is 26.2 Å². The van der Waals surface area contributed by atoms with Crippen molar-refractivity contribution in [1.82, 2.24) is 10.2 Å². The third kappa shape index (κ3) is 4.94. The quantitative estimate of drug-likeness (QED) is 0.861. The highest BCUT2D eigenvalue weighted by Gasteiger charge is 2.40. The number of hydrogen-bond donors (Lipinski definition) is 1. The zero-order chi connectivity index (χ0) is 15.7. The van der Waals surface area contributed by atoms with Gasteiger partial charge < -0.3 is 10.1 Å². The SMILES string of the molecule is CCNC1CCC(C)CC1CN1CC(C)(C)OC(C)(C)C1. The van der Waals surface area contributed by atoms with Crippen molar-refractivity contribution in [2.24, 2.45) is 11.8 Å². The average Bonchev–Trinajstić information content (AvgIpc) is 2.28. The minimum absolute atomic E-state index is 0.0320. The summed E-state index contributed by atoms with van der Waals surface area (Å²) in [6, 6.07) is 0.709. The highest BCUT2D eigenvalue weighted by molar-refractivity contribution is 4.92. The van der Waals surface area contributed by atoms with Gasteiger partial charge in [-0.1, -0.05) is 13.8 Å². The van der Waals surface area contributed by atoms with E-state index in [0.29, 0.717) is 6.04 Å². The molecule has 3 nitrogen and oxygen atoms in total. The van der Waals surface area contributed by atoms with Gasteiger partial charge in [0.25, 0.3) is 0 Å². The van der Waals surface area contributed by atoms with E-state index in [2.05, 4.69) is 51.8 Å². The van der Waals surface area contributed by atoms with Gasteiger partial charge in [0.2, 0.25) is 0 Å². The Morgan fingerprint density at radius 1 is 1.10 bits per heavy atom. The van der Waals surface area contributed by atoms with Crippen molar-refractivity contribution in [3.8, 4) is 0 Å². The molecule has 1 saturated heterocycles. The van der Waals surface area contributed by atoms with Crippen LogP contribution in [0.5, 0.6) is 0 Å². The van der Waals surface area contributed by atoms with Gasteiger partial charge in [0.1, 0.15) is 0 Å². The third-order valence-corrected chi connectivity index (χ3v) is 4.96. The Hall–Kier alpha value is -0.120. The highest BCUT2D eigenvalue weighted by Crippen LogP contribution is 2.33. The Morgan fingerprint density at radius 3 is 2.29 bits per heavy atom. The normalized spacial score (nSPS) is 36.6. The first kappa shape index (κ1) is 17.2. The second kappa shape index (κ2) is 6.55. The van der Waals surface area contributed by atoms with Crippen molar-refractivity contribution in [1.29, 1.82) is 0 Å². The molecule has 3 atom stereocenters. The van der Waals surface area contributed by atoms with Crippen molar-refractivity contribution in [3.05, 3.63) is 0 Å². The largest absolute Gasteiger partial charge is 0.367 e. The Morgan fingerprint density at radius 2 is 1.71 bits per heavy atom. The maximum atomic E-state index is 6.22. The molecule has 0 amide bonds. The highest BCUT2D eigenvalue weighted by atomic mass is 16.5. The van der Waals surface area contributed by atoms with Gasteiger partial charge in [0.05, 0.1) is 11.2 Å². The van der Waals surface area contributed by atoms with E-state index in [1.54, 1.807) is 0 Å². The van der Waals surface area contributed by atoms with E-state index in [-0.39, 0.29) is 11.2 Å². The van der Waals surface area contributed by atoms with Crippen LogP contribution in [0.1, 0.15) is 60.8 Å². The summed E-state index contributed by atoms with van der Waals surface area (Å²) < 4.78 is 6.22. The van der Waals surface area contributed by atoms with Crippen molar-refractivity contribution in [2.45, 2.75) is 78.0 Å². The molecule has 1 aliphatic carbocycles. The van der Waals surface area contributed by atoms with E-state index in [1.807, 2.05) is 0 Å². The molecule has 1 heterocycles. The Bertz CT molecular complexity index is 324. The molecule has 124 valence electrons. The fourth-order valence-electron chi connectivity index (χ4n) is 4.64. The molecule has 0 radical (unpaired) electrons. The lowest BCUT2D eigenvalue weighted by Crippen LogP contribution is -2.59. The standard InChI is InChI=1S/C18H36N2O/c1-7-19-16-9-8-14(2)10-15(16)11-20-12-17(3,4)21-18(5,6)13-20/h14-16,19H,7-13H2,1-6H3. The maximum absolute atomic E-state index is 6.22. The first-order chi connectivity index (χ1) is 9.71. The predicted octanol–water partition coefficient (Wildman–Crippen LogP) is 3.29. The molecule has 2 fully saturated rings. The molecule has 1 aliphatic heterocycles. The monoisotopic (exact) mass is 296 g/mol. The van der Waals surface area contributed by atoms with E-state index < -0.39 is 0 Å². The number of nitrogens with one attached hydrogen (secondary N) is 1. The van der Waals surface area contributed by atoms with Gasteiger partial charge in [0.15, 0.2) is 0 Å². The molecular weight excluding hydrogens is 260 g/mol. The van der Waals surface area contributed by atoms with Crippen LogP contribution in [-0.4, -0.2) is 48.3 Å². The average molecular weight is 296 g/mol. The van der Waals surface area contributed by atoms with Crippen LogP contribution in [0.3, 0.4) is 0 Å². The summed E-state index contributed by atoms with van der Waals surface area (Å²) in [4.78, 5) is 2.65. The molecule has 0 aromatic rings. The first-order valence-corrected chi connectivity index (χ1v) is 8.87. The van der Waals surface area contributed by atoms with Crippen LogP contribution in [0.15, 0.2) is 0 Å². The van der Waals surface area contributed by atoms with E-state index in [0.717, 1.165) is 31.5 Å². The molecule has 2 aliphatic rings. The molecule has 3 unspecified atom stereocenters. The van der Waals surface area contributed by atoms with E-state index >= 15 is 0 Å². The first-order valence-electron chi connectivity index (χ1n) is 8.87. The van der Waals surface area contributed by atoms with Gasteiger partial charge in [-0.25, -0.2) is 0 Å². The van der Waals surface area contributed by atoms with Crippen LogP contribution < -0.4 is 5.32 Å². The van der Waals surface area contributed by atoms with E-state index in [4.69, 9.17) is 4.74 Å². The topological polar surface area (TPSA) is 24.5 Å². The van der Waals surface area contributed by atoms with Crippen LogP contribution >= 0.6 is 0 Å². The van der Waals surface area contributed by atoms with Crippen molar-refractivity contribution >= 4 is 0 Å². The summed E-state index contributed by atoms with van der Waals surface area (Å²) in [6.45, 7) is 18.0. The Kier molecular flexibility index (Phi) is 5.38. The maximum Gasteiger partial charge on any atom is 0.0760 e. The molecule has 2 rings (SSSR count). The summed E-state index contributed by atoms with van der Waals surface area (Å²) in [6.07, 6.45) is 4.10. The number of nitrogens with zero attached hydrogens (tertiary/aromatic N) is 1. The smallest absolute Gasteiger partial charge is 0.0760 e. The fourth-order valence-corrected chi connectivity index (χ4v) is 4.64. The van der Waals surface area contributed by atoms with Crippen molar-refractivity contribution < 1.29 is 4.74 Å². The zero-order valence-electron chi connectivity index (χ0n) is 15.0. The Balaban J connectivity index is 2.00. The molecule has 0 aromatic carbocycles. The predicted molar refractivity (Wildman–Crippen MR) is 89.7 cm³/mol. The second-order valence-electron chi connectivity index (χ2n) is 8.63. The van der Waals surface area contributed by atoms with Crippen LogP contribution in [0.25, 0.3) is 0 Å². The summed E-state index contributed by atoms with van der Waals surface area (Å²) in [5.41, 5.74) is -0.0641. The Labute approximate surface area is 131 Å². The molecule has 1 N–H and O–H groups in total. The molecule has 3 heteroatoms. The molecule has 0 aromatic heterocycles. The van der Waals surface area contributed by atoms with Gasteiger partial charge in [-0.2, -0.15) is 0 Å². The summed E-state index contributed by atoms with van der Waals surface area (Å²) in [5, 5.41) is 3.73. The second-order valence-corrected chi connectivity index (χ2v) is 8.63. The van der Waals surface area contributed by atoms with E-state index in [1.165, 1.54) is 25.8 Å². The van der Waals surface area contributed by atoms with Crippen LogP contribution in [0.4, 0.5) is 0 Å². The fraction of sp³-hybridized carbons (Fsp3) is 1.00. The van der Waals surface area contributed by atoms with E-state index in [9.17, 15) is 0 Å². The lowest BCUT2D eigenvalue weighted by molar-refractivity contribution is -0.183. The van der Waals surface area contributed by atoms with Crippen LogP contribution in [0.2, 0.25) is 0 Å². The van der Waals surface area contributed by atoms with Crippen molar-refractivity contribution in [3.63, 3.8) is 0 Å². The minimum atomic E-state index is -0.0320. The third-order valence-electron chi connectivity index (χ3n) is 4.96. The van der Waals surface area contributed by atoms with Gasteiger partial charge in [0, 0.05) is 25.7 Å². The number of rotatable bonds is 4. The molecule has 0 bridgehead atoms. The zero-order valence-corrected chi connectivity index (χ0v) is 15.0. The summed E-state index contributed by atoms with van der Waals surface area (Å²) in [5.74, 6) is 1.67. The number of morpholine rings is 1. The lowest BCUT2D eigenvalue weighted by Gasteiger charge is -2.49. The number of ether oxygens (including phenoxy) is 1. The molecule has 1 saturated carbocycles. The van der Waals surface area contributed by atoms with Gasteiger partial charge >= 0.3 is 0 Å². The van der Waals surface area contributed by atoms with Crippen LogP contribution in [-0.2, 0) is 4.74 Å². The molecule has 21 heavy (non-hydrogen) atoms. The molecule has 0 spiro atoms. The van der Waals surface area contributed by atoms with Gasteiger partial charge in [-0.05, 0) is 65.3 Å². The molecular formula is C18H36N2O. The van der Waals surface area contributed by atoms with Gasteiger partial charge in [-0.3, -0.25) is 4.90 Å². The summed E-state index contributed by atoms with van der Waals surface area (Å²) in [7, 11) is 0. The lowest BCUT2D eigenvalue weighted by atomic mass is 9.78. The summed E-state index contributed by atoms with van der Waals surface area (Å²) >= 11 is 0. The van der Waals surface area contributed by atoms with Crippen LogP contribution in [0, 0.1) is 11.8 Å².